The highest BCUT2D eigenvalue weighted by Gasteiger charge is 2.22. The van der Waals surface area contributed by atoms with E-state index >= 15 is 0 Å². The van der Waals surface area contributed by atoms with Crippen LogP contribution in [0.5, 0.6) is 0 Å². The molecule has 2 N–H and O–H groups in total. The highest BCUT2D eigenvalue weighted by molar-refractivity contribution is 5.48. The molecule has 0 aliphatic carbocycles. The molecule has 1 fully saturated rings. The summed E-state index contributed by atoms with van der Waals surface area (Å²) in [5, 5.41) is 0. The molecule has 0 bridgehead atoms. The fourth-order valence-electron chi connectivity index (χ4n) is 2.49. The summed E-state index contributed by atoms with van der Waals surface area (Å²) in [4.78, 5) is 2.50. The zero-order valence-electron chi connectivity index (χ0n) is 11.2. The Bertz CT molecular complexity index is 356. The summed E-state index contributed by atoms with van der Waals surface area (Å²) in [7, 11) is 0. The molecule has 0 radical (unpaired) electrons. The van der Waals surface area contributed by atoms with Crippen molar-refractivity contribution in [2.75, 3.05) is 18.0 Å². The molecule has 0 saturated carbocycles. The van der Waals surface area contributed by atoms with Crippen LogP contribution in [0.3, 0.4) is 0 Å². The van der Waals surface area contributed by atoms with Gasteiger partial charge in [0.15, 0.2) is 0 Å². The zero-order valence-corrected chi connectivity index (χ0v) is 11.2. The van der Waals surface area contributed by atoms with E-state index < -0.39 is 0 Å². The molecule has 1 heterocycles. The number of hydrogen-bond acceptors (Lipinski definition) is 2. The Balaban J connectivity index is 2.07. The first-order valence-corrected chi connectivity index (χ1v) is 6.68. The van der Waals surface area contributed by atoms with E-state index in [1.165, 1.54) is 30.8 Å². The second kappa shape index (κ2) is 5.09. The Morgan fingerprint density at radius 2 is 1.82 bits per heavy atom. The first-order valence-electron chi connectivity index (χ1n) is 6.68. The van der Waals surface area contributed by atoms with Crippen LogP contribution < -0.4 is 10.6 Å². The van der Waals surface area contributed by atoms with Gasteiger partial charge >= 0.3 is 0 Å². The van der Waals surface area contributed by atoms with Gasteiger partial charge in [0.05, 0.1) is 0 Å². The Kier molecular flexibility index (Phi) is 3.72. The molecule has 2 rings (SSSR count). The van der Waals surface area contributed by atoms with Gasteiger partial charge in [-0.2, -0.15) is 0 Å². The van der Waals surface area contributed by atoms with Crippen molar-refractivity contribution in [3.05, 3.63) is 29.8 Å². The summed E-state index contributed by atoms with van der Waals surface area (Å²) in [6.07, 6.45) is 1.30. The Hall–Kier alpha value is -1.02. The molecular weight excluding hydrogens is 208 g/mol. The monoisotopic (exact) mass is 232 g/mol. The van der Waals surface area contributed by atoms with Crippen molar-refractivity contribution < 1.29 is 0 Å². The SMILES string of the molecule is CC1CCN(c2ccc([C@@H](C)N)cc2)CC1C. The van der Waals surface area contributed by atoms with Crippen LogP contribution in [0.4, 0.5) is 5.69 Å². The largest absolute Gasteiger partial charge is 0.371 e. The minimum atomic E-state index is 0.129. The number of piperidine rings is 1. The highest BCUT2D eigenvalue weighted by Crippen LogP contribution is 2.27. The maximum Gasteiger partial charge on any atom is 0.0366 e. The number of nitrogens with zero attached hydrogens (tertiary/aromatic N) is 1. The van der Waals surface area contributed by atoms with Crippen molar-refractivity contribution in [3.8, 4) is 0 Å². The zero-order chi connectivity index (χ0) is 12.4. The van der Waals surface area contributed by atoms with Crippen LogP contribution in [0.2, 0.25) is 0 Å². The van der Waals surface area contributed by atoms with Gasteiger partial charge in [0, 0.05) is 24.8 Å². The van der Waals surface area contributed by atoms with Crippen molar-refractivity contribution in [2.24, 2.45) is 17.6 Å². The molecule has 2 unspecified atom stereocenters. The lowest BCUT2D eigenvalue weighted by Crippen LogP contribution is -2.38. The smallest absolute Gasteiger partial charge is 0.0366 e. The lowest BCUT2D eigenvalue weighted by Gasteiger charge is -2.37. The maximum atomic E-state index is 5.87. The predicted octanol–water partition coefficient (Wildman–Crippen LogP) is 3.19. The van der Waals surface area contributed by atoms with Crippen molar-refractivity contribution in [1.82, 2.24) is 0 Å². The lowest BCUT2D eigenvalue weighted by atomic mass is 9.88. The molecule has 0 spiro atoms. The fourth-order valence-corrected chi connectivity index (χ4v) is 2.49. The summed E-state index contributed by atoms with van der Waals surface area (Å²) >= 11 is 0. The molecule has 0 aromatic heterocycles. The first-order chi connectivity index (χ1) is 8.08. The van der Waals surface area contributed by atoms with E-state index in [1.54, 1.807) is 0 Å². The van der Waals surface area contributed by atoms with Crippen LogP contribution >= 0.6 is 0 Å². The van der Waals surface area contributed by atoms with Crippen LogP contribution in [0.1, 0.15) is 38.8 Å². The van der Waals surface area contributed by atoms with Gasteiger partial charge in [-0.15, -0.1) is 0 Å². The van der Waals surface area contributed by atoms with Gasteiger partial charge in [-0.1, -0.05) is 26.0 Å². The normalized spacial score (nSPS) is 26.9. The number of benzene rings is 1. The van der Waals surface area contributed by atoms with E-state index in [9.17, 15) is 0 Å². The molecular formula is C15H24N2. The predicted molar refractivity (Wildman–Crippen MR) is 74.2 cm³/mol. The van der Waals surface area contributed by atoms with Gasteiger partial charge in [0.1, 0.15) is 0 Å². The van der Waals surface area contributed by atoms with E-state index in [2.05, 4.69) is 43.0 Å². The molecule has 0 amide bonds. The molecule has 1 aliphatic rings. The quantitative estimate of drug-likeness (QED) is 0.848. The molecule has 3 atom stereocenters. The van der Waals surface area contributed by atoms with Crippen molar-refractivity contribution in [1.29, 1.82) is 0 Å². The molecule has 1 saturated heterocycles. The summed E-state index contributed by atoms with van der Waals surface area (Å²) in [5.74, 6) is 1.64. The number of nitrogens with two attached hydrogens (primary N) is 1. The van der Waals surface area contributed by atoms with Gasteiger partial charge < -0.3 is 10.6 Å². The maximum absolute atomic E-state index is 5.87. The van der Waals surface area contributed by atoms with Gasteiger partial charge in [-0.3, -0.25) is 0 Å². The Labute approximate surface area is 105 Å². The van der Waals surface area contributed by atoms with Crippen molar-refractivity contribution in [2.45, 2.75) is 33.2 Å². The fraction of sp³-hybridized carbons (Fsp3) is 0.600. The van der Waals surface area contributed by atoms with Crippen LogP contribution in [0.25, 0.3) is 0 Å². The highest BCUT2D eigenvalue weighted by atomic mass is 15.1. The third kappa shape index (κ3) is 2.81. The van der Waals surface area contributed by atoms with Crippen LogP contribution in [-0.2, 0) is 0 Å². The first kappa shape index (κ1) is 12.4. The van der Waals surface area contributed by atoms with E-state index in [0.717, 1.165) is 11.8 Å². The second-order valence-corrected chi connectivity index (χ2v) is 5.57. The minimum Gasteiger partial charge on any atom is -0.371 e. The second-order valence-electron chi connectivity index (χ2n) is 5.57. The molecule has 1 aromatic rings. The Morgan fingerprint density at radius 1 is 1.18 bits per heavy atom. The minimum absolute atomic E-state index is 0.129. The van der Waals surface area contributed by atoms with E-state index in [-0.39, 0.29) is 6.04 Å². The molecule has 2 nitrogen and oxygen atoms in total. The van der Waals surface area contributed by atoms with Gasteiger partial charge in [0.2, 0.25) is 0 Å². The van der Waals surface area contributed by atoms with Crippen LogP contribution in [-0.4, -0.2) is 13.1 Å². The summed E-state index contributed by atoms with van der Waals surface area (Å²) in [6.45, 7) is 9.11. The van der Waals surface area contributed by atoms with Crippen LogP contribution in [0, 0.1) is 11.8 Å². The molecule has 1 aromatic carbocycles. The van der Waals surface area contributed by atoms with Gasteiger partial charge in [-0.25, -0.2) is 0 Å². The van der Waals surface area contributed by atoms with Crippen LogP contribution in [0.15, 0.2) is 24.3 Å². The molecule has 2 heteroatoms. The average Bonchev–Trinajstić information content (AvgIpc) is 2.33. The van der Waals surface area contributed by atoms with Crippen molar-refractivity contribution >= 4 is 5.69 Å². The number of rotatable bonds is 2. The topological polar surface area (TPSA) is 29.3 Å². The lowest BCUT2D eigenvalue weighted by molar-refractivity contribution is 0.324. The Morgan fingerprint density at radius 3 is 2.35 bits per heavy atom. The standard InChI is InChI=1S/C15H24N2/c1-11-8-9-17(10-12(11)2)15-6-4-14(5-7-15)13(3)16/h4-7,11-13H,8-10,16H2,1-3H3/t11?,12?,13-/m1/s1. The average molecular weight is 232 g/mol. The summed E-state index contributed by atoms with van der Waals surface area (Å²) < 4.78 is 0. The molecule has 1 aliphatic heterocycles. The van der Waals surface area contributed by atoms with E-state index in [4.69, 9.17) is 5.73 Å². The summed E-state index contributed by atoms with van der Waals surface area (Å²) in [6, 6.07) is 8.86. The number of anilines is 1. The third-order valence-electron chi connectivity index (χ3n) is 4.12. The van der Waals surface area contributed by atoms with Gasteiger partial charge in [-0.05, 0) is 42.9 Å². The summed E-state index contributed by atoms with van der Waals surface area (Å²) in [5.41, 5.74) is 8.42. The number of hydrogen-bond donors (Lipinski definition) is 1. The third-order valence-corrected chi connectivity index (χ3v) is 4.12. The van der Waals surface area contributed by atoms with E-state index in [1.807, 2.05) is 6.92 Å². The van der Waals surface area contributed by atoms with Gasteiger partial charge in [0.25, 0.3) is 0 Å². The van der Waals surface area contributed by atoms with Crippen molar-refractivity contribution in [3.63, 3.8) is 0 Å². The molecule has 94 valence electrons. The molecule has 17 heavy (non-hydrogen) atoms. The van der Waals surface area contributed by atoms with E-state index in [0.29, 0.717) is 0 Å².